The molecule has 1 aliphatic heterocycles. The van der Waals surface area contributed by atoms with E-state index in [0.29, 0.717) is 6.10 Å². The Morgan fingerprint density at radius 3 is 2.76 bits per heavy atom. The molecule has 0 amide bonds. The number of nitrogens with zero attached hydrogens (tertiary/aromatic N) is 1. The zero-order valence-electron chi connectivity index (χ0n) is 15.3. The highest BCUT2D eigenvalue weighted by Crippen LogP contribution is 2.31. The predicted octanol–water partition coefficient (Wildman–Crippen LogP) is 3.41. The lowest BCUT2D eigenvalue weighted by atomic mass is 10.0. The van der Waals surface area contributed by atoms with Gasteiger partial charge in [-0.3, -0.25) is 4.99 Å². The number of aliphatic imine (C=N–C) groups is 1. The number of rotatable bonds is 5. The maximum absolute atomic E-state index is 6.04. The lowest BCUT2D eigenvalue weighted by molar-refractivity contribution is 0.0467. The van der Waals surface area contributed by atoms with Crippen LogP contribution in [0.25, 0.3) is 0 Å². The molecule has 1 heterocycles. The molecule has 0 spiro atoms. The Kier molecular flexibility index (Phi) is 6.98. The van der Waals surface area contributed by atoms with Gasteiger partial charge in [0.2, 0.25) is 0 Å². The molecule has 1 aliphatic carbocycles. The van der Waals surface area contributed by atoms with Gasteiger partial charge in [-0.05, 0) is 18.9 Å². The summed E-state index contributed by atoms with van der Waals surface area (Å²) in [6.45, 7) is 2.24. The highest BCUT2D eigenvalue weighted by molar-refractivity contribution is 5.80. The molecular formula is C20H31N3O2. The van der Waals surface area contributed by atoms with Crippen LogP contribution in [0.3, 0.4) is 0 Å². The van der Waals surface area contributed by atoms with Crippen molar-refractivity contribution < 1.29 is 9.47 Å². The summed E-state index contributed by atoms with van der Waals surface area (Å²) >= 11 is 0. The molecule has 25 heavy (non-hydrogen) atoms. The molecule has 3 rings (SSSR count). The van der Waals surface area contributed by atoms with Crippen molar-refractivity contribution in [3.05, 3.63) is 29.8 Å². The van der Waals surface area contributed by atoms with E-state index in [1.165, 1.54) is 44.1 Å². The van der Waals surface area contributed by atoms with Gasteiger partial charge in [-0.1, -0.05) is 43.9 Å². The smallest absolute Gasteiger partial charge is 0.191 e. The van der Waals surface area contributed by atoms with Crippen LogP contribution in [0, 0.1) is 0 Å². The van der Waals surface area contributed by atoms with Gasteiger partial charge in [0, 0.05) is 25.6 Å². The first kappa shape index (κ1) is 18.1. The first-order chi connectivity index (χ1) is 12.4. The predicted molar refractivity (Wildman–Crippen MR) is 101 cm³/mol. The second-order valence-corrected chi connectivity index (χ2v) is 6.86. The maximum atomic E-state index is 6.04. The highest BCUT2D eigenvalue weighted by atomic mass is 16.5. The molecule has 2 aliphatic rings. The summed E-state index contributed by atoms with van der Waals surface area (Å²) in [7, 11) is 1.81. The molecule has 138 valence electrons. The lowest BCUT2D eigenvalue weighted by Gasteiger charge is -2.28. The van der Waals surface area contributed by atoms with Crippen molar-refractivity contribution in [3.8, 4) is 5.75 Å². The molecule has 1 fully saturated rings. The Hall–Kier alpha value is -1.75. The van der Waals surface area contributed by atoms with Gasteiger partial charge in [0.05, 0.1) is 25.4 Å². The first-order valence-corrected chi connectivity index (χ1v) is 9.67. The van der Waals surface area contributed by atoms with Crippen LogP contribution in [0.15, 0.2) is 29.3 Å². The van der Waals surface area contributed by atoms with E-state index in [-0.39, 0.29) is 6.04 Å². The fourth-order valence-electron chi connectivity index (χ4n) is 3.66. The molecule has 1 atom stereocenters. The van der Waals surface area contributed by atoms with Crippen LogP contribution in [-0.2, 0) is 4.74 Å². The fourth-order valence-corrected chi connectivity index (χ4v) is 3.66. The summed E-state index contributed by atoms with van der Waals surface area (Å²) in [5.74, 6) is 1.80. The van der Waals surface area contributed by atoms with Gasteiger partial charge in [-0.15, -0.1) is 0 Å². The molecule has 1 unspecified atom stereocenters. The summed E-state index contributed by atoms with van der Waals surface area (Å²) in [4.78, 5) is 4.35. The largest absolute Gasteiger partial charge is 0.493 e. The minimum atomic E-state index is 0.235. The van der Waals surface area contributed by atoms with Gasteiger partial charge in [0.25, 0.3) is 0 Å². The van der Waals surface area contributed by atoms with Crippen molar-refractivity contribution in [3.63, 3.8) is 0 Å². The van der Waals surface area contributed by atoms with E-state index < -0.39 is 0 Å². The van der Waals surface area contributed by atoms with Crippen LogP contribution in [0.2, 0.25) is 0 Å². The molecule has 1 aromatic rings. The van der Waals surface area contributed by atoms with Crippen LogP contribution in [0.4, 0.5) is 0 Å². The number of para-hydroxylation sites is 1. The number of fused-ring (bicyclic) bond motifs is 1. The maximum Gasteiger partial charge on any atom is 0.191 e. The molecule has 1 aromatic carbocycles. The van der Waals surface area contributed by atoms with E-state index in [4.69, 9.17) is 9.47 Å². The van der Waals surface area contributed by atoms with Crippen molar-refractivity contribution in [1.29, 1.82) is 0 Å². The third-order valence-corrected chi connectivity index (χ3v) is 5.04. The molecule has 0 bridgehead atoms. The zero-order valence-corrected chi connectivity index (χ0v) is 15.3. The normalized spacial score (nSPS) is 21.8. The SMILES string of the molecule is CN=C(NCCOC1CCCCCC1)NC1CCOc2ccccc21. The van der Waals surface area contributed by atoms with E-state index in [9.17, 15) is 0 Å². The molecule has 1 saturated carbocycles. The van der Waals surface area contributed by atoms with Gasteiger partial charge >= 0.3 is 0 Å². The van der Waals surface area contributed by atoms with Crippen LogP contribution >= 0.6 is 0 Å². The van der Waals surface area contributed by atoms with Crippen molar-refractivity contribution in [2.45, 2.75) is 57.1 Å². The van der Waals surface area contributed by atoms with E-state index in [2.05, 4.69) is 27.8 Å². The van der Waals surface area contributed by atoms with Gasteiger partial charge < -0.3 is 20.1 Å². The van der Waals surface area contributed by atoms with Crippen molar-refractivity contribution >= 4 is 5.96 Å². The number of benzene rings is 1. The van der Waals surface area contributed by atoms with E-state index >= 15 is 0 Å². The summed E-state index contributed by atoms with van der Waals surface area (Å²) in [6, 6.07) is 8.45. The Labute approximate surface area is 151 Å². The highest BCUT2D eigenvalue weighted by Gasteiger charge is 2.21. The third kappa shape index (κ3) is 5.36. The van der Waals surface area contributed by atoms with Gasteiger partial charge in [0.15, 0.2) is 5.96 Å². The molecule has 0 radical (unpaired) electrons. The topological polar surface area (TPSA) is 54.9 Å². The van der Waals surface area contributed by atoms with Gasteiger partial charge in [-0.2, -0.15) is 0 Å². The van der Waals surface area contributed by atoms with Gasteiger partial charge in [0.1, 0.15) is 5.75 Å². The van der Waals surface area contributed by atoms with Crippen LogP contribution in [0.5, 0.6) is 5.75 Å². The van der Waals surface area contributed by atoms with Gasteiger partial charge in [-0.25, -0.2) is 0 Å². The Morgan fingerprint density at radius 1 is 1.16 bits per heavy atom. The van der Waals surface area contributed by atoms with Crippen molar-refractivity contribution in [2.24, 2.45) is 4.99 Å². The van der Waals surface area contributed by atoms with Crippen molar-refractivity contribution in [2.75, 3.05) is 26.8 Å². The number of hydrogen-bond acceptors (Lipinski definition) is 3. The number of nitrogens with one attached hydrogen (secondary N) is 2. The Balaban J connectivity index is 1.43. The van der Waals surface area contributed by atoms with Crippen LogP contribution < -0.4 is 15.4 Å². The quantitative estimate of drug-likeness (QED) is 0.372. The summed E-state index contributed by atoms with van der Waals surface area (Å²) in [5, 5.41) is 6.89. The minimum absolute atomic E-state index is 0.235. The molecule has 5 heteroatoms. The second kappa shape index (κ2) is 9.66. The summed E-state index contributed by atoms with van der Waals surface area (Å²) in [6.07, 6.45) is 9.16. The summed E-state index contributed by atoms with van der Waals surface area (Å²) < 4.78 is 11.8. The second-order valence-electron chi connectivity index (χ2n) is 6.86. The van der Waals surface area contributed by atoms with Crippen LogP contribution in [0.1, 0.15) is 56.6 Å². The lowest BCUT2D eigenvalue weighted by Crippen LogP contribution is -2.42. The first-order valence-electron chi connectivity index (χ1n) is 9.67. The molecule has 2 N–H and O–H groups in total. The number of ether oxygens (including phenoxy) is 2. The summed E-state index contributed by atoms with van der Waals surface area (Å²) in [5.41, 5.74) is 1.20. The molecular weight excluding hydrogens is 314 g/mol. The van der Waals surface area contributed by atoms with E-state index in [0.717, 1.165) is 37.9 Å². The van der Waals surface area contributed by atoms with Crippen LogP contribution in [-0.4, -0.2) is 38.9 Å². The monoisotopic (exact) mass is 345 g/mol. The number of hydrogen-bond donors (Lipinski definition) is 2. The van der Waals surface area contributed by atoms with E-state index in [1.807, 2.05) is 19.2 Å². The van der Waals surface area contributed by atoms with Crippen molar-refractivity contribution in [1.82, 2.24) is 10.6 Å². The zero-order chi connectivity index (χ0) is 17.3. The fraction of sp³-hybridized carbons (Fsp3) is 0.650. The standard InChI is InChI=1S/C20H31N3O2/c1-21-20(22-13-15-24-16-8-4-2-3-5-9-16)23-18-12-14-25-19-11-7-6-10-17(18)19/h6-7,10-11,16,18H,2-5,8-9,12-15H2,1H3,(H2,21,22,23). The minimum Gasteiger partial charge on any atom is -0.493 e. The number of guanidine groups is 1. The molecule has 5 nitrogen and oxygen atoms in total. The van der Waals surface area contributed by atoms with E-state index in [1.54, 1.807) is 0 Å². The molecule has 0 aromatic heterocycles. The third-order valence-electron chi connectivity index (χ3n) is 5.04. The average molecular weight is 345 g/mol. The Bertz CT molecular complexity index is 554. The average Bonchev–Trinajstić information content (AvgIpc) is 2.93. The Morgan fingerprint density at radius 2 is 1.96 bits per heavy atom. The molecule has 0 saturated heterocycles.